The van der Waals surface area contributed by atoms with Crippen LogP contribution in [0, 0.1) is 0 Å². The van der Waals surface area contributed by atoms with Gasteiger partial charge in [0.15, 0.2) is 0 Å². The maximum Gasteiger partial charge on any atom is 0.263 e. The topological polar surface area (TPSA) is 72.0 Å². The second-order valence-corrected chi connectivity index (χ2v) is 6.70. The highest BCUT2D eigenvalue weighted by Gasteiger charge is 2.15. The van der Waals surface area contributed by atoms with Crippen LogP contribution in [0.3, 0.4) is 0 Å². The van der Waals surface area contributed by atoms with Crippen molar-refractivity contribution in [2.24, 2.45) is 0 Å². The molecule has 1 aromatic carbocycles. The van der Waals surface area contributed by atoms with Gasteiger partial charge in [-0.2, -0.15) is 4.98 Å². The molecule has 0 aliphatic rings. The first-order chi connectivity index (χ1) is 9.40. The second kappa shape index (κ2) is 6.26. The van der Waals surface area contributed by atoms with Crippen LogP contribution in [0.5, 0.6) is 0 Å². The van der Waals surface area contributed by atoms with Crippen LogP contribution in [0.1, 0.15) is 5.56 Å². The molecule has 1 aromatic heterocycles. The number of rotatable bonds is 4. The van der Waals surface area contributed by atoms with E-state index in [0.29, 0.717) is 5.33 Å². The minimum Gasteiger partial charge on any atom is -0.263 e. The fourth-order valence-electron chi connectivity index (χ4n) is 1.40. The molecule has 0 saturated carbocycles. The fraction of sp³-hybridized carbons (Fsp3) is 0.0909. The number of nitrogens with zero attached hydrogens (tertiary/aromatic N) is 2. The van der Waals surface area contributed by atoms with Crippen molar-refractivity contribution in [1.29, 1.82) is 0 Å². The van der Waals surface area contributed by atoms with E-state index in [1.807, 2.05) is 0 Å². The molecule has 2 rings (SSSR count). The van der Waals surface area contributed by atoms with Crippen LogP contribution in [-0.4, -0.2) is 18.4 Å². The lowest BCUT2D eigenvalue weighted by molar-refractivity contribution is 0.601. The van der Waals surface area contributed by atoms with Crippen molar-refractivity contribution in [3.8, 4) is 0 Å². The molecule has 9 heteroatoms. The molecule has 0 radical (unpaired) electrons. The van der Waals surface area contributed by atoms with Gasteiger partial charge in [0.25, 0.3) is 10.0 Å². The van der Waals surface area contributed by atoms with Crippen molar-refractivity contribution in [3.05, 3.63) is 46.3 Å². The first-order valence-electron chi connectivity index (χ1n) is 5.28. The van der Waals surface area contributed by atoms with Gasteiger partial charge in [-0.25, -0.2) is 13.4 Å². The Bertz CT molecular complexity index is 703. The molecule has 2 aromatic rings. The summed E-state index contributed by atoms with van der Waals surface area (Å²) in [6.45, 7) is 0. The maximum atomic E-state index is 12.2. The van der Waals surface area contributed by atoms with E-state index in [9.17, 15) is 8.42 Å². The van der Waals surface area contributed by atoms with Gasteiger partial charge in [0.2, 0.25) is 5.28 Å². The van der Waals surface area contributed by atoms with Gasteiger partial charge in [-0.05, 0) is 29.3 Å². The summed E-state index contributed by atoms with van der Waals surface area (Å²) in [5.74, 6) is 0.0135. The zero-order valence-electron chi connectivity index (χ0n) is 9.85. The molecule has 0 saturated heterocycles. The van der Waals surface area contributed by atoms with Gasteiger partial charge < -0.3 is 0 Å². The predicted octanol–water partition coefficient (Wildman–Crippen LogP) is 3.48. The molecule has 0 atom stereocenters. The molecular weight excluding hydrogens is 389 g/mol. The summed E-state index contributed by atoms with van der Waals surface area (Å²) >= 11 is 14.6. The third-order valence-electron chi connectivity index (χ3n) is 2.29. The third-order valence-corrected chi connectivity index (χ3v) is 4.68. The lowest BCUT2D eigenvalue weighted by atomic mass is 10.2. The Morgan fingerprint density at radius 2 is 1.80 bits per heavy atom. The van der Waals surface area contributed by atoms with Gasteiger partial charge in [0.05, 0.1) is 4.90 Å². The largest absolute Gasteiger partial charge is 0.263 e. The van der Waals surface area contributed by atoms with E-state index in [2.05, 4.69) is 30.6 Å². The molecule has 0 fully saturated rings. The van der Waals surface area contributed by atoms with Crippen LogP contribution in [-0.2, 0) is 15.4 Å². The van der Waals surface area contributed by atoms with E-state index in [1.165, 1.54) is 18.2 Å². The number of aromatic nitrogens is 2. The first-order valence-corrected chi connectivity index (χ1v) is 8.64. The van der Waals surface area contributed by atoms with E-state index in [-0.39, 0.29) is 21.2 Å². The standard InChI is InChI=1S/C11H8BrCl2N3O2S/c12-6-7-1-3-8(4-2-7)20(18,19)17-10-5-9(13)15-11(14)16-10/h1-5H,6H2,(H,15,16,17). The molecule has 0 amide bonds. The quantitative estimate of drug-likeness (QED) is 0.487. The van der Waals surface area contributed by atoms with Crippen molar-refractivity contribution < 1.29 is 8.42 Å². The Morgan fingerprint density at radius 3 is 2.35 bits per heavy atom. The highest BCUT2D eigenvalue weighted by molar-refractivity contribution is 9.08. The average Bonchev–Trinajstić information content (AvgIpc) is 2.37. The number of hydrogen-bond acceptors (Lipinski definition) is 4. The molecule has 0 unspecified atom stereocenters. The predicted molar refractivity (Wildman–Crippen MR) is 81.9 cm³/mol. The molecule has 5 nitrogen and oxygen atoms in total. The summed E-state index contributed by atoms with van der Waals surface area (Å²) in [5, 5.41) is 0.569. The maximum absolute atomic E-state index is 12.2. The number of anilines is 1. The molecule has 1 heterocycles. The number of halogens is 3. The van der Waals surface area contributed by atoms with Crippen molar-refractivity contribution in [2.75, 3.05) is 4.72 Å². The average molecular weight is 397 g/mol. The minimum atomic E-state index is -3.74. The molecule has 0 bridgehead atoms. The lowest BCUT2D eigenvalue weighted by Crippen LogP contribution is -2.14. The third kappa shape index (κ3) is 3.82. The zero-order valence-corrected chi connectivity index (χ0v) is 13.8. The van der Waals surface area contributed by atoms with E-state index >= 15 is 0 Å². The summed E-state index contributed by atoms with van der Waals surface area (Å²) in [5.41, 5.74) is 0.970. The Labute approximate surface area is 134 Å². The smallest absolute Gasteiger partial charge is 0.263 e. The summed E-state index contributed by atoms with van der Waals surface area (Å²) in [6, 6.07) is 7.71. The van der Waals surface area contributed by atoms with Gasteiger partial charge in [-0.3, -0.25) is 4.72 Å². The van der Waals surface area contributed by atoms with Gasteiger partial charge in [-0.1, -0.05) is 39.7 Å². The Hall–Kier alpha value is -0.890. The van der Waals surface area contributed by atoms with Gasteiger partial charge in [-0.15, -0.1) is 0 Å². The number of alkyl halides is 1. The molecule has 0 aliphatic heterocycles. The zero-order chi connectivity index (χ0) is 14.8. The van der Waals surface area contributed by atoms with Crippen LogP contribution in [0.25, 0.3) is 0 Å². The molecule has 0 aliphatic carbocycles. The second-order valence-electron chi connectivity index (χ2n) is 3.73. The van der Waals surface area contributed by atoms with Crippen molar-refractivity contribution in [1.82, 2.24) is 9.97 Å². The molecule has 106 valence electrons. The molecule has 1 N–H and O–H groups in total. The highest BCUT2D eigenvalue weighted by Crippen LogP contribution is 2.19. The van der Waals surface area contributed by atoms with E-state index in [1.54, 1.807) is 12.1 Å². The Morgan fingerprint density at radius 1 is 1.15 bits per heavy atom. The highest BCUT2D eigenvalue weighted by atomic mass is 79.9. The Balaban J connectivity index is 2.30. The molecule has 0 spiro atoms. The van der Waals surface area contributed by atoms with Crippen LogP contribution in [0.4, 0.5) is 5.82 Å². The van der Waals surface area contributed by atoms with Crippen LogP contribution in [0.15, 0.2) is 35.2 Å². The summed E-state index contributed by atoms with van der Waals surface area (Å²) < 4.78 is 26.6. The summed E-state index contributed by atoms with van der Waals surface area (Å²) in [7, 11) is -3.74. The minimum absolute atomic E-state index is 0.0135. The van der Waals surface area contributed by atoms with Crippen LogP contribution >= 0.6 is 39.1 Å². The normalized spacial score (nSPS) is 11.3. The van der Waals surface area contributed by atoms with Crippen LogP contribution < -0.4 is 4.72 Å². The fourth-order valence-corrected chi connectivity index (χ4v) is 3.17. The van der Waals surface area contributed by atoms with Crippen molar-refractivity contribution >= 4 is 55.0 Å². The van der Waals surface area contributed by atoms with E-state index in [4.69, 9.17) is 23.2 Å². The monoisotopic (exact) mass is 395 g/mol. The lowest BCUT2D eigenvalue weighted by Gasteiger charge is -2.08. The van der Waals surface area contributed by atoms with E-state index < -0.39 is 10.0 Å². The first kappa shape index (κ1) is 15.5. The van der Waals surface area contributed by atoms with Gasteiger partial charge >= 0.3 is 0 Å². The molecular formula is C11H8BrCl2N3O2S. The number of nitrogens with one attached hydrogen (secondary N) is 1. The number of sulfonamides is 1. The van der Waals surface area contributed by atoms with Crippen molar-refractivity contribution in [2.45, 2.75) is 10.2 Å². The van der Waals surface area contributed by atoms with Gasteiger partial charge in [0.1, 0.15) is 11.0 Å². The van der Waals surface area contributed by atoms with Crippen molar-refractivity contribution in [3.63, 3.8) is 0 Å². The number of benzene rings is 1. The number of hydrogen-bond donors (Lipinski definition) is 1. The van der Waals surface area contributed by atoms with Gasteiger partial charge in [0, 0.05) is 11.4 Å². The van der Waals surface area contributed by atoms with E-state index in [0.717, 1.165) is 5.56 Å². The summed E-state index contributed by atoms with van der Waals surface area (Å²) in [6.07, 6.45) is 0. The summed E-state index contributed by atoms with van der Waals surface area (Å²) in [4.78, 5) is 7.51. The molecule has 20 heavy (non-hydrogen) atoms. The van der Waals surface area contributed by atoms with Crippen LogP contribution in [0.2, 0.25) is 10.4 Å². The SMILES string of the molecule is O=S(=O)(Nc1cc(Cl)nc(Cl)n1)c1ccc(CBr)cc1. The Kier molecular flexibility index (Phi) is 4.85.